The molecule has 0 N–H and O–H groups in total. The Kier molecular flexibility index (Phi) is 7.05. The van der Waals surface area contributed by atoms with Crippen molar-refractivity contribution in [1.29, 1.82) is 0 Å². The Bertz CT molecular complexity index is 338. The molecular formula is C13H16BrFO2. The fourth-order valence-electron chi connectivity index (χ4n) is 1.36. The van der Waals surface area contributed by atoms with Gasteiger partial charge in [-0.25, -0.2) is 4.39 Å². The van der Waals surface area contributed by atoms with Crippen LogP contribution in [0.2, 0.25) is 0 Å². The van der Waals surface area contributed by atoms with Crippen LogP contribution in [0.25, 0.3) is 0 Å². The summed E-state index contributed by atoms with van der Waals surface area (Å²) in [5.74, 6) is -0.00873. The minimum atomic E-state index is -0.234. The van der Waals surface area contributed by atoms with E-state index >= 15 is 0 Å². The van der Waals surface area contributed by atoms with Crippen molar-refractivity contribution in [3.63, 3.8) is 0 Å². The maximum Gasteiger partial charge on any atom is 0.143 e. The van der Waals surface area contributed by atoms with Crippen LogP contribution in [0.3, 0.4) is 0 Å². The average Bonchev–Trinajstić information content (AvgIpc) is 2.35. The molecule has 17 heavy (non-hydrogen) atoms. The quantitative estimate of drug-likeness (QED) is 0.543. The van der Waals surface area contributed by atoms with Crippen LogP contribution in [0.1, 0.15) is 24.8 Å². The summed E-state index contributed by atoms with van der Waals surface area (Å²) >= 11 is 3.12. The second-order valence-corrected chi connectivity index (χ2v) is 4.37. The summed E-state index contributed by atoms with van der Waals surface area (Å²) in [5.41, 5.74) is 0.961. The molecule has 0 atom stereocenters. The van der Waals surface area contributed by atoms with Gasteiger partial charge >= 0.3 is 0 Å². The minimum Gasteiger partial charge on any atom is -0.377 e. The predicted octanol–water partition coefficient (Wildman–Crippen LogP) is 3.48. The lowest BCUT2D eigenvalue weighted by molar-refractivity contribution is -0.116. The van der Waals surface area contributed by atoms with Crippen LogP contribution in [-0.4, -0.2) is 17.7 Å². The van der Waals surface area contributed by atoms with Gasteiger partial charge in [0.2, 0.25) is 0 Å². The number of alkyl halides is 1. The molecular weight excluding hydrogens is 287 g/mol. The maximum atomic E-state index is 12.6. The first-order valence-electron chi connectivity index (χ1n) is 5.62. The minimum absolute atomic E-state index is 0.225. The number of hydrogen-bond acceptors (Lipinski definition) is 2. The monoisotopic (exact) mass is 302 g/mol. The van der Waals surface area contributed by atoms with Crippen molar-refractivity contribution >= 4 is 21.7 Å². The van der Waals surface area contributed by atoms with Gasteiger partial charge in [0.05, 0.1) is 11.9 Å². The third-order valence-electron chi connectivity index (χ3n) is 2.33. The molecule has 1 aromatic rings. The van der Waals surface area contributed by atoms with Crippen molar-refractivity contribution in [1.82, 2.24) is 0 Å². The Morgan fingerprint density at radius 1 is 1.24 bits per heavy atom. The molecule has 0 fully saturated rings. The molecule has 0 unspecified atom stereocenters. The highest BCUT2D eigenvalue weighted by Gasteiger charge is 1.99. The van der Waals surface area contributed by atoms with Gasteiger partial charge in [-0.2, -0.15) is 0 Å². The summed E-state index contributed by atoms with van der Waals surface area (Å²) in [7, 11) is 0. The zero-order valence-electron chi connectivity index (χ0n) is 9.62. The highest BCUT2D eigenvalue weighted by atomic mass is 79.9. The molecule has 0 aliphatic carbocycles. The summed E-state index contributed by atoms with van der Waals surface area (Å²) in [6.45, 7) is 1.12. The van der Waals surface area contributed by atoms with E-state index < -0.39 is 0 Å². The molecule has 0 heterocycles. The van der Waals surface area contributed by atoms with E-state index in [0.717, 1.165) is 18.4 Å². The topological polar surface area (TPSA) is 26.3 Å². The third kappa shape index (κ3) is 6.54. The van der Waals surface area contributed by atoms with Crippen molar-refractivity contribution in [3.05, 3.63) is 35.6 Å². The van der Waals surface area contributed by atoms with Gasteiger partial charge in [-0.1, -0.05) is 28.1 Å². The first-order chi connectivity index (χ1) is 8.22. The van der Waals surface area contributed by atoms with Gasteiger partial charge in [-0.3, -0.25) is 4.79 Å². The first-order valence-corrected chi connectivity index (χ1v) is 6.74. The molecule has 1 rings (SSSR count). The summed E-state index contributed by atoms with van der Waals surface area (Å²) in [6.07, 6.45) is 2.33. The van der Waals surface area contributed by atoms with Gasteiger partial charge in [-0.05, 0) is 30.5 Å². The lowest BCUT2D eigenvalue weighted by atomic mass is 10.2. The van der Waals surface area contributed by atoms with Crippen molar-refractivity contribution in [2.75, 3.05) is 11.9 Å². The highest BCUT2D eigenvalue weighted by molar-refractivity contribution is 9.09. The number of ketones is 1. The first kappa shape index (κ1) is 14.3. The maximum absolute atomic E-state index is 12.6. The van der Waals surface area contributed by atoms with Gasteiger partial charge in [0.25, 0.3) is 0 Å². The van der Waals surface area contributed by atoms with E-state index in [9.17, 15) is 9.18 Å². The molecule has 0 spiro atoms. The zero-order valence-corrected chi connectivity index (χ0v) is 11.2. The molecule has 0 aliphatic rings. The number of unbranched alkanes of at least 4 members (excludes halogenated alkanes) is 1. The number of carbonyl (C=O) groups excluding carboxylic acids is 1. The Morgan fingerprint density at radius 2 is 1.94 bits per heavy atom. The van der Waals surface area contributed by atoms with Gasteiger partial charge in [-0.15, -0.1) is 0 Å². The van der Waals surface area contributed by atoms with E-state index in [2.05, 4.69) is 15.9 Å². The summed E-state index contributed by atoms with van der Waals surface area (Å²) < 4.78 is 18.0. The van der Waals surface area contributed by atoms with Crippen LogP contribution in [0.15, 0.2) is 24.3 Å². The second-order valence-electron chi connectivity index (χ2n) is 3.81. The Balaban J connectivity index is 2.04. The summed E-state index contributed by atoms with van der Waals surface area (Å²) in [5, 5.41) is 0.434. The number of hydrogen-bond donors (Lipinski definition) is 0. The smallest absolute Gasteiger partial charge is 0.143 e. The third-order valence-corrected chi connectivity index (χ3v) is 2.95. The predicted molar refractivity (Wildman–Crippen MR) is 68.7 cm³/mol. The van der Waals surface area contributed by atoms with Crippen molar-refractivity contribution in [2.45, 2.75) is 25.9 Å². The Morgan fingerprint density at radius 3 is 2.59 bits per heavy atom. The number of halogens is 2. The van der Waals surface area contributed by atoms with E-state index in [1.54, 1.807) is 12.1 Å². The lowest BCUT2D eigenvalue weighted by Gasteiger charge is -2.04. The van der Waals surface area contributed by atoms with Crippen LogP contribution in [0.4, 0.5) is 4.39 Å². The zero-order chi connectivity index (χ0) is 12.5. The highest BCUT2D eigenvalue weighted by Crippen LogP contribution is 2.05. The SMILES string of the molecule is O=C(CBr)CCCCOCc1ccc(F)cc1. The molecule has 2 nitrogen and oxygen atoms in total. The second kappa shape index (κ2) is 8.37. The lowest BCUT2D eigenvalue weighted by Crippen LogP contribution is -2.00. The number of Topliss-reactive ketones (excluding diaryl/α,β-unsaturated/α-hetero) is 1. The molecule has 0 bridgehead atoms. The number of rotatable bonds is 8. The molecule has 0 saturated carbocycles. The van der Waals surface area contributed by atoms with Crippen molar-refractivity contribution in [2.24, 2.45) is 0 Å². The van der Waals surface area contributed by atoms with Crippen LogP contribution >= 0.6 is 15.9 Å². The molecule has 0 amide bonds. The summed E-state index contributed by atoms with van der Waals surface area (Å²) in [4.78, 5) is 11.0. The van der Waals surface area contributed by atoms with Crippen LogP contribution in [0, 0.1) is 5.82 Å². The van der Waals surface area contributed by atoms with Crippen LogP contribution < -0.4 is 0 Å². The molecule has 0 aromatic heterocycles. The Hall–Kier alpha value is -0.740. The van der Waals surface area contributed by atoms with E-state index in [-0.39, 0.29) is 11.6 Å². The Labute approximate surface area is 109 Å². The number of ether oxygens (including phenoxy) is 1. The largest absolute Gasteiger partial charge is 0.377 e. The molecule has 0 saturated heterocycles. The molecule has 94 valence electrons. The van der Waals surface area contributed by atoms with Crippen LogP contribution in [0.5, 0.6) is 0 Å². The average molecular weight is 303 g/mol. The molecule has 0 aliphatic heterocycles. The van der Waals surface area contributed by atoms with Crippen molar-refractivity contribution in [3.8, 4) is 0 Å². The van der Waals surface area contributed by atoms with E-state index in [0.29, 0.717) is 25.0 Å². The van der Waals surface area contributed by atoms with E-state index in [1.807, 2.05) is 0 Å². The molecule has 4 heteroatoms. The molecule has 0 radical (unpaired) electrons. The van der Waals surface area contributed by atoms with Crippen LogP contribution in [-0.2, 0) is 16.1 Å². The normalized spacial score (nSPS) is 10.5. The molecule has 1 aromatic carbocycles. The van der Waals surface area contributed by atoms with Gasteiger partial charge in [0.1, 0.15) is 11.6 Å². The number of benzene rings is 1. The van der Waals surface area contributed by atoms with Gasteiger partial charge in [0.15, 0.2) is 0 Å². The summed E-state index contributed by atoms with van der Waals surface area (Å²) in [6, 6.07) is 6.27. The van der Waals surface area contributed by atoms with E-state index in [1.165, 1.54) is 12.1 Å². The fraction of sp³-hybridized carbons (Fsp3) is 0.462. The number of carbonyl (C=O) groups is 1. The fourth-order valence-corrected chi connectivity index (χ4v) is 1.64. The van der Waals surface area contributed by atoms with Crippen molar-refractivity contribution < 1.29 is 13.9 Å². The standard InChI is InChI=1S/C13H16BrFO2/c14-9-13(16)3-1-2-8-17-10-11-4-6-12(15)7-5-11/h4-7H,1-3,8-10H2. The van der Waals surface area contributed by atoms with Gasteiger partial charge < -0.3 is 4.74 Å². The van der Waals surface area contributed by atoms with E-state index in [4.69, 9.17) is 4.74 Å². The van der Waals surface area contributed by atoms with Gasteiger partial charge in [0, 0.05) is 13.0 Å².